The second kappa shape index (κ2) is 8.10. The molecule has 2 unspecified atom stereocenters. The zero-order valence-electron chi connectivity index (χ0n) is 11.7. The maximum absolute atomic E-state index is 5.46. The lowest BCUT2D eigenvalue weighted by atomic mass is 9.96. The Hall–Kier alpha value is -0.160. The van der Waals surface area contributed by atoms with E-state index in [1.54, 1.807) is 7.11 Å². The summed E-state index contributed by atoms with van der Waals surface area (Å²) in [6.45, 7) is 8.67. The van der Waals surface area contributed by atoms with Gasteiger partial charge in [-0.15, -0.1) is 0 Å². The van der Waals surface area contributed by atoms with Crippen LogP contribution in [0.5, 0.6) is 0 Å². The van der Waals surface area contributed by atoms with Gasteiger partial charge in [-0.05, 0) is 44.2 Å². The van der Waals surface area contributed by atoms with Gasteiger partial charge in [-0.1, -0.05) is 0 Å². The van der Waals surface area contributed by atoms with Crippen molar-refractivity contribution < 1.29 is 9.47 Å². The lowest BCUT2D eigenvalue weighted by Crippen LogP contribution is -2.42. The Kier molecular flexibility index (Phi) is 6.41. The van der Waals surface area contributed by atoms with Crippen molar-refractivity contribution in [2.75, 3.05) is 59.7 Å². The lowest BCUT2D eigenvalue weighted by Gasteiger charge is -2.34. The van der Waals surface area contributed by atoms with Gasteiger partial charge in [-0.2, -0.15) is 0 Å². The molecule has 4 heteroatoms. The highest BCUT2D eigenvalue weighted by Gasteiger charge is 2.24. The van der Waals surface area contributed by atoms with Crippen LogP contribution in [0.2, 0.25) is 0 Å². The molecule has 2 fully saturated rings. The van der Waals surface area contributed by atoms with Crippen LogP contribution in [0.1, 0.15) is 19.3 Å². The van der Waals surface area contributed by atoms with Gasteiger partial charge in [0.1, 0.15) is 0 Å². The molecule has 2 aliphatic rings. The van der Waals surface area contributed by atoms with E-state index in [0.717, 1.165) is 44.7 Å². The van der Waals surface area contributed by atoms with E-state index >= 15 is 0 Å². The number of nitrogens with zero attached hydrogens (tertiary/aromatic N) is 1. The number of hydrogen-bond acceptors (Lipinski definition) is 4. The molecule has 2 atom stereocenters. The van der Waals surface area contributed by atoms with E-state index in [4.69, 9.17) is 9.47 Å². The molecule has 18 heavy (non-hydrogen) atoms. The standard InChI is InChI=1S/C14H28N2O2/c1-17-8-5-15-9-13-3-2-6-16(10-13)11-14-4-7-18-12-14/h13-15H,2-12H2,1H3. The molecule has 2 heterocycles. The molecule has 0 saturated carbocycles. The van der Waals surface area contributed by atoms with Crippen LogP contribution in [0.3, 0.4) is 0 Å². The zero-order chi connectivity index (χ0) is 12.6. The molecule has 0 aromatic rings. The second-order valence-electron chi connectivity index (χ2n) is 5.69. The van der Waals surface area contributed by atoms with Gasteiger partial charge in [0.15, 0.2) is 0 Å². The van der Waals surface area contributed by atoms with Crippen molar-refractivity contribution in [3.8, 4) is 0 Å². The number of hydrogen-bond donors (Lipinski definition) is 1. The SMILES string of the molecule is COCCNCC1CCCN(CC2CCOC2)C1. The third kappa shape index (κ3) is 4.84. The molecular formula is C14H28N2O2. The van der Waals surface area contributed by atoms with Gasteiger partial charge >= 0.3 is 0 Å². The van der Waals surface area contributed by atoms with Crippen LogP contribution in [0.25, 0.3) is 0 Å². The Balaban J connectivity index is 1.61. The minimum absolute atomic E-state index is 0.783. The van der Waals surface area contributed by atoms with Gasteiger partial charge in [-0.3, -0.25) is 0 Å². The van der Waals surface area contributed by atoms with Gasteiger partial charge < -0.3 is 19.7 Å². The van der Waals surface area contributed by atoms with Crippen molar-refractivity contribution in [1.82, 2.24) is 10.2 Å². The van der Waals surface area contributed by atoms with E-state index in [2.05, 4.69) is 10.2 Å². The largest absolute Gasteiger partial charge is 0.383 e. The number of ether oxygens (including phenoxy) is 2. The molecule has 0 aromatic carbocycles. The molecule has 0 spiro atoms. The van der Waals surface area contributed by atoms with Crippen molar-refractivity contribution in [3.05, 3.63) is 0 Å². The highest BCUT2D eigenvalue weighted by atomic mass is 16.5. The van der Waals surface area contributed by atoms with Crippen LogP contribution < -0.4 is 5.32 Å². The monoisotopic (exact) mass is 256 g/mol. The van der Waals surface area contributed by atoms with Crippen LogP contribution in [0, 0.1) is 11.8 Å². The zero-order valence-corrected chi connectivity index (χ0v) is 11.7. The fraction of sp³-hybridized carbons (Fsp3) is 1.00. The van der Waals surface area contributed by atoms with E-state index in [-0.39, 0.29) is 0 Å². The first-order valence-electron chi connectivity index (χ1n) is 7.38. The second-order valence-corrected chi connectivity index (χ2v) is 5.69. The van der Waals surface area contributed by atoms with E-state index in [9.17, 15) is 0 Å². The molecule has 0 amide bonds. The molecule has 2 saturated heterocycles. The highest BCUT2D eigenvalue weighted by molar-refractivity contribution is 4.77. The van der Waals surface area contributed by atoms with Gasteiger partial charge in [0.05, 0.1) is 13.2 Å². The molecule has 4 nitrogen and oxygen atoms in total. The molecule has 0 bridgehead atoms. The summed E-state index contributed by atoms with van der Waals surface area (Å²) in [5, 5.41) is 3.49. The van der Waals surface area contributed by atoms with Crippen molar-refractivity contribution in [2.24, 2.45) is 11.8 Å². The Morgan fingerprint density at radius 1 is 1.33 bits per heavy atom. The van der Waals surface area contributed by atoms with E-state index in [1.807, 2.05) is 0 Å². The van der Waals surface area contributed by atoms with Crippen LogP contribution in [-0.4, -0.2) is 64.6 Å². The fourth-order valence-corrected chi connectivity index (χ4v) is 3.06. The summed E-state index contributed by atoms with van der Waals surface area (Å²) in [7, 11) is 1.76. The van der Waals surface area contributed by atoms with E-state index in [0.29, 0.717) is 0 Å². The predicted molar refractivity (Wildman–Crippen MR) is 72.8 cm³/mol. The Morgan fingerprint density at radius 2 is 2.28 bits per heavy atom. The normalized spacial score (nSPS) is 29.8. The Bertz CT molecular complexity index is 220. The fourth-order valence-electron chi connectivity index (χ4n) is 3.06. The average Bonchev–Trinajstić information content (AvgIpc) is 2.88. The number of nitrogens with one attached hydrogen (secondary N) is 1. The number of rotatable bonds is 7. The third-order valence-corrected chi connectivity index (χ3v) is 4.06. The van der Waals surface area contributed by atoms with Gasteiger partial charge in [0, 0.05) is 33.4 Å². The first kappa shape index (κ1) is 14.3. The van der Waals surface area contributed by atoms with E-state index in [1.165, 1.54) is 38.9 Å². The van der Waals surface area contributed by atoms with Crippen LogP contribution in [-0.2, 0) is 9.47 Å². The number of methoxy groups -OCH3 is 1. The Morgan fingerprint density at radius 3 is 3.06 bits per heavy atom. The van der Waals surface area contributed by atoms with Crippen molar-refractivity contribution >= 4 is 0 Å². The predicted octanol–water partition coefficient (Wildman–Crippen LogP) is 0.971. The van der Waals surface area contributed by atoms with Crippen LogP contribution in [0.15, 0.2) is 0 Å². The summed E-state index contributed by atoms with van der Waals surface area (Å²) in [5.74, 6) is 1.60. The van der Waals surface area contributed by atoms with Gasteiger partial charge in [0.25, 0.3) is 0 Å². The summed E-state index contributed by atoms with van der Waals surface area (Å²) < 4.78 is 10.5. The van der Waals surface area contributed by atoms with Crippen molar-refractivity contribution in [1.29, 1.82) is 0 Å². The molecule has 1 N–H and O–H groups in total. The maximum atomic E-state index is 5.46. The maximum Gasteiger partial charge on any atom is 0.0587 e. The van der Waals surface area contributed by atoms with E-state index < -0.39 is 0 Å². The summed E-state index contributed by atoms with van der Waals surface area (Å²) >= 11 is 0. The Labute approximate surface area is 111 Å². The molecule has 2 rings (SSSR count). The molecule has 0 aromatic heterocycles. The highest BCUT2D eigenvalue weighted by Crippen LogP contribution is 2.20. The third-order valence-electron chi connectivity index (χ3n) is 4.06. The first-order valence-corrected chi connectivity index (χ1v) is 7.38. The molecule has 2 aliphatic heterocycles. The minimum atomic E-state index is 0.783. The topological polar surface area (TPSA) is 33.7 Å². The van der Waals surface area contributed by atoms with Crippen LogP contribution >= 0.6 is 0 Å². The van der Waals surface area contributed by atoms with Gasteiger partial charge in [-0.25, -0.2) is 0 Å². The molecule has 106 valence electrons. The quantitative estimate of drug-likeness (QED) is 0.688. The average molecular weight is 256 g/mol. The summed E-state index contributed by atoms with van der Waals surface area (Å²) in [5.41, 5.74) is 0. The van der Waals surface area contributed by atoms with Gasteiger partial charge in [0.2, 0.25) is 0 Å². The summed E-state index contributed by atoms with van der Waals surface area (Å²) in [6, 6.07) is 0. The minimum Gasteiger partial charge on any atom is -0.383 e. The van der Waals surface area contributed by atoms with Crippen molar-refractivity contribution in [3.63, 3.8) is 0 Å². The number of likely N-dealkylation sites (tertiary alicyclic amines) is 1. The van der Waals surface area contributed by atoms with Crippen LogP contribution in [0.4, 0.5) is 0 Å². The smallest absolute Gasteiger partial charge is 0.0587 e. The molecule has 0 aliphatic carbocycles. The first-order chi connectivity index (χ1) is 8.88. The molecular weight excluding hydrogens is 228 g/mol. The summed E-state index contributed by atoms with van der Waals surface area (Å²) in [4.78, 5) is 2.64. The lowest BCUT2D eigenvalue weighted by molar-refractivity contribution is 0.132. The molecule has 0 radical (unpaired) electrons. The number of piperidine rings is 1. The van der Waals surface area contributed by atoms with Crippen molar-refractivity contribution in [2.45, 2.75) is 19.3 Å². The summed E-state index contributed by atoms with van der Waals surface area (Å²) in [6.07, 6.45) is 3.98.